The van der Waals surface area contributed by atoms with E-state index in [1.54, 1.807) is 6.07 Å². The number of aliphatic hydroxyl groups excluding tert-OH is 1. The number of nitrogens with one attached hydrogen (secondary N) is 1. The molecule has 1 aromatic heterocycles. The van der Waals surface area contributed by atoms with Gasteiger partial charge in [0.15, 0.2) is 0 Å². The van der Waals surface area contributed by atoms with Crippen LogP contribution in [0, 0.1) is 5.92 Å². The summed E-state index contributed by atoms with van der Waals surface area (Å²) in [6.45, 7) is 10.7. The van der Waals surface area contributed by atoms with Gasteiger partial charge >= 0.3 is 0 Å². The fourth-order valence-corrected chi connectivity index (χ4v) is 4.71. The van der Waals surface area contributed by atoms with Crippen LogP contribution in [0.5, 0.6) is 0 Å². The average Bonchev–Trinajstić information content (AvgIpc) is 3.59. The topological polar surface area (TPSA) is 71.9 Å². The van der Waals surface area contributed by atoms with Gasteiger partial charge in [-0.25, -0.2) is 4.98 Å². The number of amides is 1. The predicted molar refractivity (Wildman–Crippen MR) is 119 cm³/mol. The van der Waals surface area contributed by atoms with Crippen LogP contribution in [0.25, 0.3) is 0 Å². The molecule has 0 radical (unpaired) electrons. The highest BCUT2D eigenvalue weighted by Crippen LogP contribution is 2.27. The zero-order chi connectivity index (χ0) is 21.1. The number of hydrogen-bond acceptors (Lipinski definition) is 6. The molecule has 2 unspecified atom stereocenters. The van der Waals surface area contributed by atoms with Crippen molar-refractivity contribution in [3.8, 4) is 0 Å². The molecule has 2 atom stereocenters. The molecule has 2 saturated heterocycles. The molecule has 2 N–H and O–H groups in total. The molecule has 7 nitrogen and oxygen atoms in total. The molecule has 30 heavy (non-hydrogen) atoms. The standard InChI is InChI=1S/C23H37N5O2/c1-17(2)28-12-9-20(21(29)16-28)26-10-4-11-27(14-13-26)22-6-3-5-19(25-22)23(30)24-15-18-7-8-18/h3,5-6,17-18,20-21,29H,4,7-16H2,1-2H3,(H,24,30). The molecule has 1 aromatic rings. The second-order valence-electron chi connectivity index (χ2n) is 9.42. The van der Waals surface area contributed by atoms with E-state index in [4.69, 9.17) is 0 Å². The van der Waals surface area contributed by atoms with Crippen LogP contribution in [-0.2, 0) is 0 Å². The maximum Gasteiger partial charge on any atom is 0.269 e. The third kappa shape index (κ3) is 5.31. The van der Waals surface area contributed by atoms with Crippen molar-refractivity contribution in [3.63, 3.8) is 0 Å². The van der Waals surface area contributed by atoms with Crippen molar-refractivity contribution in [1.29, 1.82) is 0 Å². The van der Waals surface area contributed by atoms with Gasteiger partial charge in [0.1, 0.15) is 11.5 Å². The van der Waals surface area contributed by atoms with Crippen molar-refractivity contribution < 1.29 is 9.90 Å². The van der Waals surface area contributed by atoms with E-state index in [1.807, 2.05) is 12.1 Å². The van der Waals surface area contributed by atoms with Crippen molar-refractivity contribution in [2.45, 2.75) is 57.7 Å². The summed E-state index contributed by atoms with van der Waals surface area (Å²) in [7, 11) is 0. The minimum Gasteiger partial charge on any atom is -0.390 e. The highest BCUT2D eigenvalue weighted by Gasteiger charge is 2.33. The number of anilines is 1. The van der Waals surface area contributed by atoms with E-state index in [0.29, 0.717) is 17.7 Å². The predicted octanol–water partition coefficient (Wildman–Crippen LogP) is 1.58. The summed E-state index contributed by atoms with van der Waals surface area (Å²) >= 11 is 0. The fourth-order valence-electron chi connectivity index (χ4n) is 4.71. The van der Waals surface area contributed by atoms with Crippen LogP contribution in [0.1, 0.15) is 50.0 Å². The molecule has 0 aromatic carbocycles. The summed E-state index contributed by atoms with van der Waals surface area (Å²) in [4.78, 5) is 24.2. The van der Waals surface area contributed by atoms with Gasteiger partial charge in [-0.1, -0.05) is 6.07 Å². The van der Waals surface area contributed by atoms with Gasteiger partial charge in [-0.3, -0.25) is 14.6 Å². The molecule has 2 aliphatic heterocycles. The molecule has 0 spiro atoms. The molecule has 1 saturated carbocycles. The lowest BCUT2D eigenvalue weighted by atomic mass is 9.98. The Kier molecular flexibility index (Phi) is 6.91. The number of β-amino-alcohol motifs (C(OH)–C–C–N with tert-alkyl or cyclic N) is 1. The Hall–Kier alpha value is -1.70. The van der Waals surface area contributed by atoms with E-state index in [0.717, 1.165) is 64.5 Å². The first-order valence-electron chi connectivity index (χ1n) is 11.7. The Balaban J connectivity index is 1.34. The number of hydrogen-bond donors (Lipinski definition) is 2. The first kappa shape index (κ1) is 21.5. The second-order valence-corrected chi connectivity index (χ2v) is 9.42. The molecule has 166 valence electrons. The normalized spacial score (nSPS) is 26.6. The van der Waals surface area contributed by atoms with E-state index < -0.39 is 0 Å². The SMILES string of the molecule is CC(C)N1CCC(N2CCCN(c3cccc(C(=O)NCC4CC4)n3)CC2)C(O)C1. The molecule has 1 amide bonds. The summed E-state index contributed by atoms with van der Waals surface area (Å²) in [6.07, 6.45) is 4.22. The number of piperidine rings is 1. The quantitative estimate of drug-likeness (QED) is 0.735. The first-order chi connectivity index (χ1) is 14.5. The minimum absolute atomic E-state index is 0.0692. The van der Waals surface area contributed by atoms with Crippen LogP contribution in [0.4, 0.5) is 5.82 Å². The lowest BCUT2D eigenvalue weighted by Crippen LogP contribution is -2.56. The molecule has 3 aliphatic rings. The van der Waals surface area contributed by atoms with E-state index in [-0.39, 0.29) is 18.1 Å². The van der Waals surface area contributed by atoms with Crippen LogP contribution in [0.15, 0.2) is 18.2 Å². The largest absolute Gasteiger partial charge is 0.390 e. The number of likely N-dealkylation sites (tertiary alicyclic amines) is 1. The van der Waals surface area contributed by atoms with E-state index >= 15 is 0 Å². The fraction of sp³-hybridized carbons (Fsp3) is 0.739. The molecule has 3 fully saturated rings. The van der Waals surface area contributed by atoms with Crippen molar-refractivity contribution >= 4 is 11.7 Å². The molecule has 7 heteroatoms. The smallest absolute Gasteiger partial charge is 0.269 e. The van der Waals surface area contributed by atoms with Gasteiger partial charge in [-0.2, -0.15) is 0 Å². The lowest BCUT2D eigenvalue weighted by Gasteiger charge is -2.42. The van der Waals surface area contributed by atoms with Crippen LogP contribution < -0.4 is 10.2 Å². The number of rotatable bonds is 6. The molecule has 3 heterocycles. The highest BCUT2D eigenvalue weighted by atomic mass is 16.3. The Morgan fingerprint density at radius 1 is 1.17 bits per heavy atom. The van der Waals surface area contributed by atoms with Crippen molar-refractivity contribution in [2.75, 3.05) is 50.7 Å². The number of carbonyl (C=O) groups is 1. The van der Waals surface area contributed by atoms with E-state index in [2.05, 4.69) is 38.8 Å². The Bertz CT molecular complexity index is 723. The number of aliphatic hydroxyl groups is 1. The summed E-state index contributed by atoms with van der Waals surface area (Å²) in [5.74, 6) is 1.47. The number of pyridine rings is 1. The minimum atomic E-state index is -0.288. The van der Waals surface area contributed by atoms with Crippen LogP contribution in [0.3, 0.4) is 0 Å². The summed E-state index contributed by atoms with van der Waals surface area (Å²) in [6, 6.07) is 6.47. The van der Waals surface area contributed by atoms with Gasteiger partial charge in [0.25, 0.3) is 5.91 Å². The van der Waals surface area contributed by atoms with Crippen molar-refractivity contribution in [3.05, 3.63) is 23.9 Å². The molecular formula is C23H37N5O2. The van der Waals surface area contributed by atoms with Crippen molar-refractivity contribution in [2.24, 2.45) is 5.92 Å². The maximum absolute atomic E-state index is 12.4. The monoisotopic (exact) mass is 415 g/mol. The van der Waals surface area contributed by atoms with Gasteiger partial charge in [0.05, 0.1) is 6.10 Å². The zero-order valence-corrected chi connectivity index (χ0v) is 18.5. The average molecular weight is 416 g/mol. The molecule has 4 rings (SSSR count). The highest BCUT2D eigenvalue weighted by molar-refractivity contribution is 5.92. The summed E-state index contributed by atoms with van der Waals surface area (Å²) < 4.78 is 0. The Morgan fingerprint density at radius 3 is 2.73 bits per heavy atom. The first-order valence-corrected chi connectivity index (χ1v) is 11.7. The van der Waals surface area contributed by atoms with Gasteiger partial charge < -0.3 is 15.3 Å². The van der Waals surface area contributed by atoms with E-state index in [1.165, 1.54) is 12.8 Å². The zero-order valence-electron chi connectivity index (χ0n) is 18.5. The van der Waals surface area contributed by atoms with Gasteiger partial charge in [0.2, 0.25) is 0 Å². The Labute approximate surface area is 180 Å². The summed E-state index contributed by atoms with van der Waals surface area (Å²) in [5, 5.41) is 13.8. The van der Waals surface area contributed by atoms with Crippen LogP contribution in [-0.4, -0.2) is 89.8 Å². The third-order valence-electron chi connectivity index (χ3n) is 6.85. The van der Waals surface area contributed by atoms with Crippen LogP contribution >= 0.6 is 0 Å². The van der Waals surface area contributed by atoms with E-state index in [9.17, 15) is 9.90 Å². The maximum atomic E-state index is 12.4. The molecular weight excluding hydrogens is 378 g/mol. The molecule has 0 bridgehead atoms. The Morgan fingerprint density at radius 2 is 2.00 bits per heavy atom. The third-order valence-corrected chi connectivity index (χ3v) is 6.85. The number of carbonyl (C=O) groups excluding carboxylic acids is 1. The van der Waals surface area contributed by atoms with Crippen LogP contribution in [0.2, 0.25) is 0 Å². The number of aromatic nitrogens is 1. The van der Waals surface area contributed by atoms with Gasteiger partial charge in [-0.05, 0) is 57.6 Å². The van der Waals surface area contributed by atoms with Gasteiger partial charge in [0, 0.05) is 57.9 Å². The van der Waals surface area contributed by atoms with Crippen molar-refractivity contribution in [1.82, 2.24) is 20.1 Å². The molecule has 1 aliphatic carbocycles. The second kappa shape index (κ2) is 9.62. The lowest BCUT2D eigenvalue weighted by molar-refractivity contribution is -0.0196. The van der Waals surface area contributed by atoms with Gasteiger partial charge in [-0.15, -0.1) is 0 Å². The summed E-state index contributed by atoms with van der Waals surface area (Å²) in [5.41, 5.74) is 0.505. The number of nitrogens with zero attached hydrogens (tertiary/aromatic N) is 4.